The van der Waals surface area contributed by atoms with Crippen molar-refractivity contribution in [2.24, 2.45) is 0 Å². The van der Waals surface area contributed by atoms with E-state index < -0.39 is 12.3 Å². The molecule has 4 atom stereocenters. The van der Waals surface area contributed by atoms with E-state index in [0.717, 1.165) is 49.7 Å². The first-order valence-electron chi connectivity index (χ1n) is 13.3. The second kappa shape index (κ2) is 12.6. The molecule has 0 spiro atoms. The summed E-state index contributed by atoms with van der Waals surface area (Å²) < 4.78 is 50.6. The molecule has 2 aliphatic rings. The monoisotopic (exact) mass is 494 g/mol. The molecule has 1 saturated heterocycles. The Bertz CT molecular complexity index is 1090. The molecule has 0 radical (unpaired) electrons. The number of alkyl halides is 2. The van der Waals surface area contributed by atoms with E-state index in [2.05, 4.69) is 6.92 Å². The van der Waals surface area contributed by atoms with E-state index >= 15 is 4.39 Å². The average molecular weight is 495 g/mol. The number of ether oxygens (including phenoxy) is 1. The third-order valence-corrected chi connectivity index (χ3v) is 7.41. The summed E-state index contributed by atoms with van der Waals surface area (Å²) in [6.07, 6.45) is 10.9. The highest BCUT2D eigenvalue weighted by Crippen LogP contribution is 2.36. The van der Waals surface area contributed by atoms with Crippen LogP contribution in [0, 0.1) is 5.82 Å². The van der Waals surface area contributed by atoms with Crippen molar-refractivity contribution >= 4 is 5.57 Å². The maximum atomic E-state index is 15.0. The highest BCUT2D eigenvalue weighted by molar-refractivity contribution is 5.75. The highest BCUT2D eigenvalue weighted by Gasteiger charge is 2.31. The molecule has 4 heteroatoms. The van der Waals surface area contributed by atoms with E-state index in [4.69, 9.17) is 4.74 Å². The minimum absolute atomic E-state index is 0.0564. The van der Waals surface area contributed by atoms with Crippen LogP contribution >= 0.6 is 0 Å². The molecule has 192 valence electrons. The van der Waals surface area contributed by atoms with Crippen molar-refractivity contribution in [3.8, 4) is 11.1 Å². The summed E-state index contributed by atoms with van der Waals surface area (Å²) in [5, 5.41) is 0. The van der Waals surface area contributed by atoms with Gasteiger partial charge < -0.3 is 4.74 Å². The number of unbranched alkanes of at least 4 members (excludes halogenated alkanes) is 3. The Labute approximate surface area is 213 Å². The molecule has 36 heavy (non-hydrogen) atoms. The van der Waals surface area contributed by atoms with Gasteiger partial charge >= 0.3 is 0 Å². The second-order valence-corrected chi connectivity index (χ2v) is 9.96. The summed E-state index contributed by atoms with van der Waals surface area (Å²) in [5.74, 6) is -0.175. The van der Waals surface area contributed by atoms with Gasteiger partial charge in [-0.1, -0.05) is 86.9 Å². The molecule has 1 heterocycles. The van der Waals surface area contributed by atoms with Crippen LogP contribution in [0.1, 0.15) is 75.8 Å². The van der Waals surface area contributed by atoms with Crippen LogP contribution in [0.2, 0.25) is 0 Å². The van der Waals surface area contributed by atoms with Crippen LogP contribution in [0.25, 0.3) is 16.7 Å². The molecular formula is C32H37F3O. The number of allylic oxidation sites excluding steroid dienone is 5. The number of hydrogen-bond donors (Lipinski definition) is 0. The smallest absolute Gasteiger partial charge is 0.161 e. The third kappa shape index (κ3) is 6.21. The van der Waals surface area contributed by atoms with Gasteiger partial charge in [0.2, 0.25) is 0 Å². The van der Waals surface area contributed by atoms with Gasteiger partial charge in [-0.2, -0.15) is 0 Å². The van der Waals surface area contributed by atoms with E-state index in [1.807, 2.05) is 43.3 Å². The van der Waals surface area contributed by atoms with E-state index in [-0.39, 0.29) is 17.8 Å². The fourth-order valence-electron chi connectivity index (χ4n) is 5.24. The fraction of sp³-hybridized carbons (Fsp3) is 0.438. The Kier molecular flexibility index (Phi) is 9.25. The minimum Gasteiger partial charge on any atom is -0.374 e. The maximum absolute atomic E-state index is 15.0. The summed E-state index contributed by atoms with van der Waals surface area (Å²) >= 11 is 0. The topological polar surface area (TPSA) is 9.23 Å². The molecule has 1 aliphatic carbocycles. The quantitative estimate of drug-likeness (QED) is 0.249. The second-order valence-electron chi connectivity index (χ2n) is 9.96. The van der Waals surface area contributed by atoms with Crippen LogP contribution in [0.15, 0.2) is 72.3 Å². The lowest BCUT2D eigenvalue weighted by Gasteiger charge is -2.28. The number of rotatable bonds is 9. The minimum atomic E-state index is -1.66. The molecule has 1 nitrogen and oxygen atoms in total. The van der Waals surface area contributed by atoms with Crippen LogP contribution in [-0.4, -0.2) is 25.1 Å². The van der Waals surface area contributed by atoms with E-state index in [1.165, 1.54) is 0 Å². The lowest BCUT2D eigenvalue weighted by Crippen LogP contribution is -2.24. The van der Waals surface area contributed by atoms with Crippen LogP contribution < -0.4 is 0 Å². The van der Waals surface area contributed by atoms with Gasteiger partial charge in [0.05, 0.1) is 12.7 Å². The molecule has 1 aliphatic heterocycles. The van der Waals surface area contributed by atoms with Crippen molar-refractivity contribution in [2.45, 2.75) is 83.2 Å². The first-order chi connectivity index (χ1) is 17.5. The van der Waals surface area contributed by atoms with Crippen LogP contribution in [-0.2, 0) is 4.74 Å². The predicted octanol–water partition coefficient (Wildman–Crippen LogP) is 9.30. The first kappa shape index (κ1) is 26.5. The molecular weight excluding hydrogens is 457 g/mol. The van der Waals surface area contributed by atoms with E-state index in [1.54, 1.807) is 30.4 Å². The summed E-state index contributed by atoms with van der Waals surface area (Å²) in [7, 11) is 0. The van der Waals surface area contributed by atoms with Gasteiger partial charge in [-0.25, -0.2) is 13.2 Å². The molecule has 0 bridgehead atoms. The lowest BCUT2D eigenvalue weighted by molar-refractivity contribution is 0.0319. The zero-order valence-corrected chi connectivity index (χ0v) is 21.4. The summed E-state index contributed by atoms with van der Waals surface area (Å²) in [4.78, 5) is 0. The highest BCUT2D eigenvalue weighted by atomic mass is 19.2. The molecule has 2 aromatic carbocycles. The van der Waals surface area contributed by atoms with Gasteiger partial charge in [-0.3, -0.25) is 0 Å². The van der Waals surface area contributed by atoms with Gasteiger partial charge in [0.15, 0.2) is 12.3 Å². The molecule has 0 amide bonds. The third-order valence-electron chi connectivity index (χ3n) is 7.41. The zero-order chi connectivity index (χ0) is 25.5. The van der Waals surface area contributed by atoms with Crippen molar-refractivity contribution < 1.29 is 17.9 Å². The van der Waals surface area contributed by atoms with Gasteiger partial charge in [-0.15, -0.1) is 0 Å². The first-order valence-corrected chi connectivity index (χ1v) is 13.3. The van der Waals surface area contributed by atoms with Crippen molar-refractivity contribution in [1.29, 1.82) is 0 Å². The molecule has 0 N–H and O–H groups in total. The van der Waals surface area contributed by atoms with Crippen molar-refractivity contribution in [3.63, 3.8) is 0 Å². The SMILES string of the molecule is C/C=C/C1CCC(c2ccc(-c3ccc(C4=CC=C(CCCCCC)C(F)C4F)cc3)cc2F)CO1. The Morgan fingerprint density at radius 2 is 1.64 bits per heavy atom. The number of benzene rings is 2. The normalized spacial score (nSPS) is 24.6. The molecule has 0 aromatic heterocycles. The summed E-state index contributed by atoms with van der Waals surface area (Å²) in [6.45, 7) is 4.63. The van der Waals surface area contributed by atoms with Crippen molar-refractivity contribution in [2.75, 3.05) is 6.61 Å². The average Bonchev–Trinajstić information content (AvgIpc) is 2.90. The van der Waals surface area contributed by atoms with Crippen LogP contribution in [0.3, 0.4) is 0 Å². The summed E-state index contributed by atoms with van der Waals surface area (Å²) in [6, 6.07) is 12.6. The lowest BCUT2D eigenvalue weighted by atomic mass is 9.87. The maximum Gasteiger partial charge on any atom is 0.161 e. The Morgan fingerprint density at radius 3 is 2.31 bits per heavy atom. The van der Waals surface area contributed by atoms with Gasteiger partial charge in [0.25, 0.3) is 0 Å². The Hall–Kier alpha value is -2.59. The van der Waals surface area contributed by atoms with Crippen LogP contribution in [0.4, 0.5) is 13.2 Å². The number of halogens is 3. The molecule has 4 rings (SSSR count). The Balaban J connectivity index is 1.44. The van der Waals surface area contributed by atoms with Crippen molar-refractivity contribution in [3.05, 3.63) is 89.3 Å². The van der Waals surface area contributed by atoms with Crippen molar-refractivity contribution in [1.82, 2.24) is 0 Å². The van der Waals surface area contributed by atoms with Gasteiger partial charge in [0.1, 0.15) is 5.82 Å². The molecule has 1 fully saturated rings. The molecule has 4 unspecified atom stereocenters. The van der Waals surface area contributed by atoms with E-state index in [0.29, 0.717) is 35.3 Å². The summed E-state index contributed by atoms with van der Waals surface area (Å²) in [5.41, 5.74) is 3.86. The van der Waals surface area contributed by atoms with Crippen LogP contribution in [0.5, 0.6) is 0 Å². The predicted molar refractivity (Wildman–Crippen MR) is 143 cm³/mol. The largest absolute Gasteiger partial charge is 0.374 e. The van der Waals surface area contributed by atoms with Gasteiger partial charge in [-0.05, 0) is 72.1 Å². The molecule has 2 aromatic rings. The Morgan fingerprint density at radius 1 is 0.889 bits per heavy atom. The zero-order valence-electron chi connectivity index (χ0n) is 21.4. The fourth-order valence-corrected chi connectivity index (χ4v) is 5.24. The standard InChI is InChI=1S/C32H37F3O/c1-3-5-6-7-9-24-15-19-29(32(35)31(24)34)23-12-10-22(11-13-23)25-16-18-28(30(33)20-25)26-14-17-27(8-4-2)36-21-26/h4,8,10-13,15-16,18-20,26-27,31-32H,3,5-7,9,14,17,21H2,1-2H3/b8-4+. The van der Waals surface area contributed by atoms with E-state index in [9.17, 15) is 8.78 Å². The number of hydrogen-bond acceptors (Lipinski definition) is 1. The molecule has 0 saturated carbocycles. The van der Waals surface area contributed by atoms with Gasteiger partial charge in [0, 0.05) is 5.92 Å².